The number of ether oxygens (including phenoxy) is 2. The van der Waals surface area contributed by atoms with Gasteiger partial charge in [-0.1, -0.05) is 40.7 Å². The smallest absolute Gasteiger partial charge is 0.324 e. The first-order valence-corrected chi connectivity index (χ1v) is 20.3. The SMILES string of the molecule is CC(C)C(=O)OC(N1C(=O)CCCC1=O)N1C(=O)c2cccc(NCCCCCOc3ccc4c(c3)ncn4-c3ccc(NC(=O)Nc4cc(C(C)(C)C)n[nH]4)cc3)c2C1=O. The van der Waals surface area contributed by atoms with Crippen LogP contribution < -0.4 is 20.7 Å². The molecule has 2 aromatic heterocycles. The predicted molar refractivity (Wildman–Crippen MR) is 226 cm³/mol. The molecule has 1 atom stereocenters. The molecule has 0 aliphatic carbocycles. The van der Waals surface area contributed by atoms with Crippen LogP contribution in [-0.4, -0.2) is 84.7 Å². The Balaban J connectivity index is 0.885. The second kappa shape index (κ2) is 17.7. The second-order valence-electron chi connectivity index (χ2n) is 16.3. The van der Waals surface area contributed by atoms with Crippen molar-refractivity contribution in [2.24, 2.45) is 5.92 Å². The number of rotatable bonds is 15. The van der Waals surface area contributed by atoms with Crippen LogP contribution in [0.1, 0.15) is 99.6 Å². The van der Waals surface area contributed by atoms with Gasteiger partial charge in [-0.15, -0.1) is 0 Å². The Morgan fingerprint density at radius 2 is 1.62 bits per heavy atom. The lowest BCUT2D eigenvalue weighted by molar-refractivity contribution is -0.186. The molecule has 1 saturated heterocycles. The van der Waals surface area contributed by atoms with Gasteiger partial charge in [0.1, 0.15) is 17.9 Å². The van der Waals surface area contributed by atoms with Gasteiger partial charge in [0.25, 0.3) is 18.2 Å². The molecule has 0 saturated carbocycles. The summed E-state index contributed by atoms with van der Waals surface area (Å²) in [5.74, 6) is -2.96. The molecule has 7 rings (SSSR count). The summed E-state index contributed by atoms with van der Waals surface area (Å²) in [7, 11) is 0. The lowest BCUT2D eigenvalue weighted by atomic mass is 9.92. The van der Waals surface area contributed by atoms with Crippen LogP contribution in [0.2, 0.25) is 0 Å². The highest BCUT2D eigenvalue weighted by molar-refractivity contribution is 6.24. The second-order valence-corrected chi connectivity index (χ2v) is 16.3. The number of anilines is 3. The van der Waals surface area contributed by atoms with Crippen molar-refractivity contribution in [1.82, 2.24) is 29.5 Å². The van der Waals surface area contributed by atoms with Crippen LogP contribution in [0.25, 0.3) is 16.7 Å². The van der Waals surface area contributed by atoms with E-state index in [1.54, 1.807) is 32.3 Å². The first-order valence-electron chi connectivity index (χ1n) is 20.3. The predicted octanol–water partition coefficient (Wildman–Crippen LogP) is 6.97. The van der Waals surface area contributed by atoms with Crippen LogP contribution in [0.5, 0.6) is 5.75 Å². The van der Waals surface area contributed by atoms with Crippen molar-refractivity contribution < 1.29 is 38.2 Å². The molecule has 0 radical (unpaired) electrons. The van der Waals surface area contributed by atoms with Gasteiger partial charge in [0.05, 0.1) is 40.4 Å². The molecule has 1 unspecified atom stereocenters. The molecular formula is C44H49N9O8. The largest absolute Gasteiger partial charge is 0.494 e. The summed E-state index contributed by atoms with van der Waals surface area (Å²) in [6.45, 7) is 10.2. The minimum Gasteiger partial charge on any atom is -0.494 e. The van der Waals surface area contributed by atoms with Gasteiger partial charge in [-0.25, -0.2) is 19.6 Å². The first-order chi connectivity index (χ1) is 29.2. The van der Waals surface area contributed by atoms with Crippen molar-refractivity contribution in [3.05, 3.63) is 89.9 Å². The van der Waals surface area contributed by atoms with Crippen LogP contribution in [0.15, 0.2) is 73.1 Å². The van der Waals surface area contributed by atoms with E-state index in [4.69, 9.17) is 9.47 Å². The van der Waals surface area contributed by atoms with E-state index in [-0.39, 0.29) is 35.4 Å². The summed E-state index contributed by atoms with van der Waals surface area (Å²) in [6, 6.07) is 19.4. The van der Waals surface area contributed by atoms with Crippen molar-refractivity contribution in [1.29, 1.82) is 0 Å². The van der Waals surface area contributed by atoms with Gasteiger partial charge in [-0.05, 0) is 74.2 Å². The van der Waals surface area contributed by atoms with Crippen LogP contribution in [0, 0.1) is 5.92 Å². The number of amides is 6. The van der Waals surface area contributed by atoms with E-state index in [2.05, 4.69) is 31.1 Å². The number of esters is 1. The maximum absolute atomic E-state index is 13.8. The van der Waals surface area contributed by atoms with E-state index in [1.165, 1.54) is 6.07 Å². The zero-order chi connectivity index (χ0) is 43.4. The number of nitrogens with one attached hydrogen (secondary N) is 4. The van der Waals surface area contributed by atoms with Gasteiger partial charge in [-0.2, -0.15) is 5.10 Å². The highest BCUT2D eigenvalue weighted by Crippen LogP contribution is 2.34. The van der Waals surface area contributed by atoms with Crippen molar-refractivity contribution >= 4 is 63.9 Å². The van der Waals surface area contributed by atoms with E-state index in [0.717, 1.165) is 46.6 Å². The minimum absolute atomic E-state index is 0.0243. The van der Waals surface area contributed by atoms with Crippen LogP contribution in [0.3, 0.4) is 0 Å². The van der Waals surface area contributed by atoms with Gasteiger partial charge < -0.3 is 20.1 Å². The summed E-state index contributed by atoms with van der Waals surface area (Å²) in [6.07, 6.45) is 2.59. The van der Waals surface area contributed by atoms with E-state index in [9.17, 15) is 28.8 Å². The standard InChI is InChI=1S/C44H49N9O8/c1-26(2)41(58)61-43(52-36(54)13-10-14-37(52)55)53-39(56)30-11-9-12-31(38(30)40(53)57)45-21-7-6-8-22-60-29-19-20-33-32(23-29)46-25-51(33)28-17-15-27(16-18-28)47-42(59)48-35-24-34(49-50-35)44(3,4)5/h9,11-12,15-20,23-26,43,45H,6-8,10,13-14,21-22H2,1-5H3,(H3,47,48,49,50,59). The first kappa shape index (κ1) is 42.1. The fraction of sp³-hybridized carbons (Fsp3) is 0.364. The Morgan fingerprint density at radius 1 is 0.869 bits per heavy atom. The molecule has 4 heterocycles. The molecule has 1 fully saturated rings. The van der Waals surface area contributed by atoms with Crippen LogP contribution in [0.4, 0.5) is 22.0 Å². The molecule has 3 aromatic carbocycles. The zero-order valence-corrected chi connectivity index (χ0v) is 34.7. The molecule has 0 bridgehead atoms. The van der Waals surface area contributed by atoms with Gasteiger partial charge in [-0.3, -0.25) is 39.0 Å². The lowest BCUT2D eigenvalue weighted by Gasteiger charge is -2.36. The number of likely N-dealkylation sites (tertiary alicyclic amines) is 1. The molecule has 6 amide bonds. The number of fused-ring (bicyclic) bond motifs is 2. The number of carbonyl (C=O) groups is 6. The summed E-state index contributed by atoms with van der Waals surface area (Å²) in [4.78, 5) is 84.4. The van der Waals surface area contributed by atoms with E-state index in [1.807, 2.05) is 73.9 Å². The Bertz CT molecular complexity index is 2470. The molecule has 5 aromatic rings. The number of carbonyl (C=O) groups excluding carboxylic acids is 6. The zero-order valence-electron chi connectivity index (χ0n) is 34.7. The van der Waals surface area contributed by atoms with E-state index < -0.39 is 41.9 Å². The number of benzene rings is 3. The van der Waals surface area contributed by atoms with Crippen molar-refractivity contribution in [3.8, 4) is 11.4 Å². The highest BCUT2D eigenvalue weighted by atomic mass is 16.6. The van der Waals surface area contributed by atoms with Crippen molar-refractivity contribution in [3.63, 3.8) is 0 Å². The third-order valence-electron chi connectivity index (χ3n) is 10.3. The number of imidazole rings is 1. The Hall–Kier alpha value is -7.04. The molecule has 2 aliphatic heterocycles. The molecule has 2 aliphatic rings. The van der Waals surface area contributed by atoms with Crippen molar-refractivity contribution in [2.75, 3.05) is 29.1 Å². The van der Waals surface area contributed by atoms with Crippen molar-refractivity contribution in [2.45, 2.75) is 84.9 Å². The number of H-pyrrole nitrogens is 1. The molecule has 0 spiro atoms. The van der Waals surface area contributed by atoms with Crippen LogP contribution in [-0.2, 0) is 24.5 Å². The Labute approximate surface area is 352 Å². The summed E-state index contributed by atoms with van der Waals surface area (Å²) >= 11 is 0. The number of imide groups is 2. The third kappa shape index (κ3) is 9.25. The molecule has 17 nitrogen and oxygen atoms in total. The lowest BCUT2D eigenvalue weighted by Crippen LogP contribution is -2.58. The van der Waals surface area contributed by atoms with Crippen LogP contribution >= 0.6 is 0 Å². The Morgan fingerprint density at radius 3 is 2.33 bits per heavy atom. The topological polar surface area (TPSA) is 210 Å². The number of unbranched alkanes of at least 4 members (excludes halogenated alkanes) is 2. The quantitative estimate of drug-likeness (QED) is 0.0481. The number of hydrogen-bond donors (Lipinski definition) is 4. The van der Waals surface area contributed by atoms with Gasteiger partial charge in [0.15, 0.2) is 0 Å². The molecule has 318 valence electrons. The van der Waals surface area contributed by atoms with E-state index >= 15 is 0 Å². The number of aromatic amines is 1. The number of aromatic nitrogens is 4. The number of urea groups is 1. The van der Waals surface area contributed by atoms with Gasteiger partial charge in [0.2, 0.25) is 11.8 Å². The average Bonchev–Trinajstić information content (AvgIpc) is 3.93. The monoisotopic (exact) mass is 831 g/mol. The summed E-state index contributed by atoms with van der Waals surface area (Å²) < 4.78 is 13.5. The number of hydrogen-bond acceptors (Lipinski definition) is 11. The third-order valence-corrected chi connectivity index (χ3v) is 10.3. The number of nitrogens with zero attached hydrogens (tertiary/aromatic N) is 5. The fourth-order valence-corrected chi connectivity index (χ4v) is 6.99. The Kier molecular flexibility index (Phi) is 12.2. The maximum Gasteiger partial charge on any atom is 0.324 e. The molecular weight excluding hydrogens is 783 g/mol. The minimum atomic E-state index is -1.81. The molecule has 61 heavy (non-hydrogen) atoms. The molecule has 4 N–H and O–H groups in total. The average molecular weight is 832 g/mol. The summed E-state index contributed by atoms with van der Waals surface area (Å²) in [5.41, 5.74) is 4.44. The van der Waals surface area contributed by atoms with Gasteiger partial charge >= 0.3 is 12.0 Å². The van der Waals surface area contributed by atoms with Gasteiger partial charge in [0, 0.05) is 54.0 Å². The van der Waals surface area contributed by atoms with E-state index in [0.29, 0.717) is 47.4 Å². The normalized spacial score (nSPS) is 14.7. The maximum atomic E-state index is 13.8. The summed E-state index contributed by atoms with van der Waals surface area (Å²) in [5, 5.41) is 16.0. The number of piperidine rings is 1. The molecule has 17 heteroatoms. The fourth-order valence-electron chi connectivity index (χ4n) is 6.99. The highest BCUT2D eigenvalue weighted by Gasteiger charge is 2.49.